The number of hydrogen-bond acceptors (Lipinski definition) is 3. The third-order valence-corrected chi connectivity index (χ3v) is 5.20. The van der Waals surface area contributed by atoms with Crippen molar-refractivity contribution in [3.05, 3.63) is 65.7 Å². The van der Waals surface area contributed by atoms with E-state index in [0.717, 1.165) is 38.1 Å². The van der Waals surface area contributed by atoms with E-state index < -0.39 is 0 Å². The molecule has 1 aliphatic rings. The summed E-state index contributed by atoms with van der Waals surface area (Å²) in [5.74, 6) is 1.36. The maximum atomic E-state index is 12.4. The monoisotopic (exact) mass is 380 g/mol. The topological polar surface area (TPSA) is 49.9 Å². The average Bonchev–Trinajstić information content (AvgIpc) is 2.73. The molecule has 0 unspecified atom stereocenters. The van der Waals surface area contributed by atoms with Crippen LogP contribution in [0.4, 0.5) is 0 Å². The van der Waals surface area contributed by atoms with E-state index in [1.54, 1.807) is 19.0 Å². The minimum absolute atomic E-state index is 0.0242. The lowest BCUT2D eigenvalue weighted by Gasteiger charge is -2.32. The first-order chi connectivity index (χ1) is 13.5. The summed E-state index contributed by atoms with van der Waals surface area (Å²) >= 11 is 0. The number of hydrogen-bond donors (Lipinski definition) is 0. The van der Waals surface area contributed by atoms with Gasteiger partial charge in [-0.05, 0) is 55.0 Å². The first-order valence-electron chi connectivity index (χ1n) is 9.79. The van der Waals surface area contributed by atoms with Crippen molar-refractivity contribution in [3.63, 3.8) is 0 Å². The lowest BCUT2D eigenvalue weighted by atomic mass is 9.90. The van der Waals surface area contributed by atoms with Crippen LogP contribution in [0.1, 0.15) is 28.8 Å². The van der Waals surface area contributed by atoms with Gasteiger partial charge < -0.3 is 14.5 Å². The second kappa shape index (κ2) is 9.40. The smallest absolute Gasteiger partial charge is 0.260 e. The maximum Gasteiger partial charge on any atom is 0.260 e. The Morgan fingerprint density at radius 2 is 1.64 bits per heavy atom. The van der Waals surface area contributed by atoms with Crippen LogP contribution in [0.15, 0.2) is 54.6 Å². The summed E-state index contributed by atoms with van der Waals surface area (Å²) in [6, 6.07) is 17.3. The number of ether oxygens (including phenoxy) is 1. The number of nitrogens with zero attached hydrogens (tertiary/aromatic N) is 2. The SMILES string of the molecule is CN(C)C(=O)c1ccc(CC2CCN(C(=O)COc3ccccc3)CC2)cc1. The molecule has 1 heterocycles. The molecule has 28 heavy (non-hydrogen) atoms. The van der Waals surface area contributed by atoms with Crippen LogP contribution in [0.5, 0.6) is 5.75 Å². The zero-order chi connectivity index (χ0) is 19.9. The largest absolute Gasteiger partial charge is 0.484 e. The molecule has 5 heteroatoms. The van der Waals surface area contributed by atoms with E-state index in [2.05, 4.69) is 0 Å². The summed E-state index contributed by atoms with van der Waals surface area (Å²) in [6.07, 6.45) is 2.98. The number of carbonyl (C=O) groups excluding carboxylic acids is 2. The van der Waals surface area contributed by atoms with Crippen molar-refractivity contribution in [2.45, 2.75) is 19.3 Å². The molecule has 0 saturated carbocycles. The molecule has 2 amide bonds. The van der Waals surface area contributed by atoms with Crippen molar-refractivity contribution in [3.8, 4) is 5.75 Å². The van der Waals surface area contributed by atoms with E-state index in [9.17, 15) is 9.59 Å². The number of rotatable bonds is 6. The first kappa shape index (κ1) is 19.9. The zero-order valence-corrected chi connectivity index (χ0v) is 16.6. The molecule has 2 aromatic carbocycles. The summed E-state index contributed by atoms with van der Waals surface area (Å²) in [5, 5.41) is 0. The lowest BCUT2D eigenvalue weighted by Crippen LogP contribution is -2.41. The molecule has 148 valence electrons. The zero-order valence-electron chi connectivity index (χ0n) is 16.6. The van der Waals surface area contributed by atoms with E-state index in [-0.39, 0.29) is 18.4 Å². The van der Waals surface area contributed by atoms with Gasteiger partial charge in [-0.15, -0.1) is 0 Å². The molecule has 0 aromatic heterocycles. The van der Waals surface area contributed by atoms with E-state index in [0.29, 0.717) is 11.5 Å². The van der Waals surface area contributed by atoms with E-state index in [1.165, 1.54) is 5.56 Å². The highest BCUT2D eigenvalue weighted by molar-refractivity contribution is 5.93. The minimum atomic E-state index is 0.0242. The Morgan fingerprint density at radius 3 is 2.25 bits per heavy atom. The van der Waals surface area contributed by atoms with Crippen molar-refractivity contribution in [1.82, 2.24) is 9.80 Å². The number of amides is 2. The van der Waals surface area contributed by atoms with Gasteiger partial charge in [0.25, 0.3) is 11.8 Å². The molecule has 2 aromatic rings. The molecule has 0 bridgehead atoms. The quantitative estimate of drug-likeness (QED) is 0.773. The summed E-state index contributed by atoms with van der Waals surface area (Å²) in [7, 11) is 3.52. The van der Waals surface area contributed by atoms with Gasteiger partial charge in [-0.1, -0.05) is 30.3 Å². The van der Waals surface area contributed by atoms with Crippen molar-refractivity contribution in [2.24, 2.45) is 5.92 Å². The van der Waals surface area contributed by atoms with Crippen molar-refractivity contribution in [1.29, 1.82) is 0 Å². The molecule has 5 nitrogen and oxygen atoms in total. The Balaban J connectivity index is 1.43. The lowest BCUT2D eigenvalue weighted by molar-refractivity contribution is -0.134. The summed E-state index contributed by atoms with van der Waals surface area (Å²) in [4.78, 5) is 27.8. The predicted octanol–water partition coefficient (Wildman–Crippen LogP) is 3.25. The molecule has 3 rings (SSSR count). The van der Waals surface area contributed by atoms with Crippen molar-refractivity contribution < 1.29 is 14.3 Å². The standard InChI is InChI=1S/C23H28N2O3/c1-24(2)23(27)20-10-8-18(9-11-20)16-19-12-14-25(15-13-19)22(26)17-28-21-6-4-3-5-7-21/h3-11,19H,12-17H2,1-2H3. The highest BCUT2D eigenvalue weighted by atomic mass is 16.5. The number of piperidine rings is 1. The Kier molecular flexibility index (Phi) is 6.69. The van der Waals surface area contributed by atoms with Gasteiger partial charge in [-0.3, -0.25) is 9.59 Å². The van der Waals surface area contributed by atoms with Crippen LogP contribution in [0.3, 0.4) is 0 Å². The molecule has 0 atom stereocenters. The van der Waals surface area contributed by atoms with Crippen LogP contribution in [0.2, 0.25) is 0 Å². The fourth-order valence-corrected chi connectivity index (χ4v) is 3.51. The molecule has 0 aliphatic carbocycles. The van der Waals surface area contributed by atoms with E-state index in [4.69, 9.17) is 4.74 Å². The second-order valence-corrected chi connectivity index (χ2v) is 7.53. The van der Waals surface area contributed by atoms with E-state index in [1.807, 2.05) is 59.5 Å². The van der Waals surface area contributed by atoms with Gasteiger partial charge in [-0.2, -0.15) is 0 Å². The summed E-state index contributed by atoms with van der Waals surface area (Å²) in [6.45, 7) is 1.65. The maximum absolute atomic E-state index is 12.4. The fraction of sp³-hybridized carbons (Fsp3) is 0.391. The number of likely N-dealkylation sites (tertiary alicyclic amines) is 1. The van der Waals surface area contributed by atoms with Crippen LogP contribution < -0.4 is 4.74 Å². The van der Waals surface area contributed by atoms with Crippen molar-refractivity contribution in [2.75, 3.05) is 33.8 Å². The van der Waals surface area contributed by atoms with Crippen LogP contribution in [0, 0.1) is 5.92 Å². The molecule has 0 spiro atoms. The van der Waals surface area contributed by atoms with Crippen molar-refractivity contribution >= 4 is 11.8 Å². The van der Waals surface area contributed by atoms with Gasteiger partial charge in [0, 0.05) is 32.7 Å². The third kappa shape index (κ3) is 5.35. The number of benzene rings is 2. The molecule has 0 N–H and O–H groups in total. The molecule has 0 radical (unpaired) electrons. The fourth-order valence-electron chi connectivity index (χ4n) is 3.51. The molecule has 1 saturated heterocycles. The minimum Gasteiger partial charge on any atom is -0.484 e. The van der Waals surface area contributed by atoms with Crippen LogP contribution >= 0.6 is 0 Å². The van der Waals surface area contributed by atoms with Gasteiger partial charge in [0.2, 0.25) is 0 Å². The van der Waals surface area contributed by atoms with Gasteiger partial charge in [0.1, 0.15) is 5.75 Å². The Labute approximate surface area is 166 Å². The van der Waals surface area contributed by atoms with Crippen LogP contribution in [-0.4, -0.2) is 55.4 Å². The summed E-state index contributed by atoms with van der Waals surface area (Å²) in [5.41, 5.74) is 1.96. The predicted molar refractivity (Wildman–Crippen MR) is 109 cm³/mol. The molecular formula is C23H28N2O3. The Bertz CT molecular complexity index is 779. The van der Waals surface area contributed by atoms with E-state index >= 15 is 0 Å². The number of para-hydroxylation sites is 1. The third-order valence-electron chi connectivity index (χ3n) is 5.20. The Hall–Kier alpha value is -2.82. The van der Waals surface area contributed by atoms with Gasteiger partial charge in [0.15, 0.2) is 6.61 Å². The summed E-state index contributed by atoms with van der Waals surface area (Å²) < 4.78 is 5.57. The van der Waals surface area contributed by atoms with Gasteiger partial charge in [-0.25, -0.2) is 0 Å². The number of carbonyl (C=O) groups is 2. The second-order valence-electron chi connectivity index (χ2n) is 7.53. The van der Waals surface area contributed by atoms with Gasteiger partial charge >= 0.3 is 0 Å². The van der Waals surface area contributed by atoms with Crippen LogP contribution in [0.25, 0.3) is 0 Å². The average molecular weight is 380 g/mol. The van der Waals surface area contributed by atoms with Gasteiger partial charge in [0.05, 0.1) is 0 Å². The normalized spacial score (nSPS) is 14.6. The Morgan fingerprint density at radius 1 is 1.00 bits per heavy atom. The molecule has 1 aliphatic heterocycles. The molecule has 1 fully saturated rings. The molecular weight excluding hydrogens is 352 g/mol. The highest BCUT2D eigenvalue weighted by Gasteiger charge is 2.23. The first-order valence-corrected chi connectivity index (χ1v) is 9.79. The highest BCUT2D eigenvalue weighted by Crippen LogP contribution is 2.22. The van der Waals surface area contributed by atoms with Crippen LogP contribution in [-0.2, 0) is 11.2 Å².